The maximum Gasteiger partial charge on any atom is 0.458 e. The molecule has 0 atom stereocenters. The molecule has 0 amide bonds. The first-order chi connectivity index (χ1) is 12.1. The Morgan fingerprint density at radius 2 is 1.81 bits per heavy atom. The Balaban J connectivity index is 2.15. The highest BCUT2D eigenvalue weighted by molar-refractivity contribution is 7.99. The lowest BCUT2D eigenvalue weighted by Crippen LogP contribution is -2.33. The molecular formula is C15H14F5N5S. The lowest BCUT2D eigenvalue weighted by molar-refractivity contribution is -0.289. The number of rotatable bonds is 4. The summed E-state index contributed by atoms with van der Waals surface area (Å²) in [6.45, 7) is 1.96. The zero-order chi connectivity index (χ0) is 19.3. The van der Waals surface area contributed by atoms with E-state index in [1.54, 1.807) is 25.0 Å². The Kier molecular flexibility index (Phi) is 4.45. The summed E-state index contributed by atoms with van der Waals surface area (Å²) in [5.74, 6) is -3.88. The van der Waals surface area contributed by atoms with Gasteiger partial charge in [0.1, 0.15) is 16.2 Å². The van der Waals surface area contributed by atoms with Gasteiger partial charge in [0.05, 0.1) is 11.9 Å². The Bertz CT molecular complexity index is 959. The lowest BCUT2D eigenvalue weighted by atomic mass is 10.1. The van der Waals surface area contributed by atoms with Crippen LogP contribution in [0.4, 0.5) is 22.0 Å². The fraction of sp³-hybridized carbons (Fsp3) is 0.400. The van der Waals surface area contributed by atoms with Crippen LogP contribution in [0.25, 0.3) is 22.7 Å². The van der Waals surface area contributed by atoms with E-state index in [0.717, 1.165) is 16.8 Å². The number of pyridine rings is 1. The Hall–Kier alpha value is -2.17. The maximum atomic E-state index is 13.6. The molecule has 0 radical (unpaired) electrons. The molecule has 0 aromatic carbocycles. The summed E-state index contributed by atoms with van der Waals surface area (Å²) in [7, 11) is 3.41. The molecule has 0 fully saturated rings. The van der Waals surface area contributed by atoms with Crippen molar-refractivity contribution in [2.45, 2.75) is 24.0 Å². The average molecular weight is 391 g/mol. The van der Waals surface area contributed by atoms with Crippen LogP contribution in [0.15, 0.2) is 23.6 Å². The van der Waals surface area contributed by atoms with Crippen LogP contribution in [-0.2, 0) is 20.0 Å². The van der Waals surface area contributed by atoms with Gasteiger partial charge in [0.2, 0.25) is 0 Å². The van der Waals surface area contributed by atoms with E-state index >= 15 is 0 Å². The zero-order valence-electron chi connectivity index (χ0n) is 14.0. The molecule has 3 rings (SSSR count). The molecule has 3 heterocycles. The second-order valence-corrected chi connectivity index (χ2v) is 6.83. The van der Waals surface area contributed by atoms with Gasteiger partial charge in [-0.25, -0.2) is 15.0 Å². The first-order valence-electron chi connectivity index (χ1n) is 7.50. The van der Waals surface area contributed by atoms with Gasteiger partial charge in [0.25, 0.3) is 0 Å². The van der Waals surface area contributed by atoms with Gasteiger partial charge in [-0.3, -0.25) is 0 Å². The second kappa shape index (κ2) is 6.22. The number of hydrogen-bond acceptors (Lipinski definition) is 4. The van der Waals surface area contributed by atoms with Crippen LogP contribution in [0.5, 0.6) is 0 Å². The van der Waals surface area contributed by atoms with E-state index in [2.05, 4.69) is 15.0 Å². The van der Waals surface area contributed by atoms with Crippen LogP contribution in [0, 0.1) is 0 Å². The lowest BCUT2D eigenvalue weighted by Gasteiger charge is -2.19. The fourth-order valence-electron chi connectivity index (χ4n) is 2.50. The molecule has 0 aliphatic carbocycles. The molecule has 11 heteroatoms. The third-order valence-electron chi connectivity index (χ3n) is 3.80. The summed E-state index contributed by atoms with van der Waals surface area (Å²) in [6.07, 6.45) is -3.59. The molecule has 0 saturated heterocycles. The van der Waals surface area contributed by atoms with Gasteiger partial charge in [-0.15, -0.1) is 11.8 Å². The molecule has 140 valence electrons. The normalized spacial score (nSPS) is 12.9. The molecule has 3 aromatic heterocycles. The number of nitrogens with zero attached hydrogens (tertiary/aromatic N) is 5. The molecule has 26 heavy (non-hydrogen) atoms. The van der Waals surface area contributed by atoms with Crippen molar-refractivity contribution in [2.75, 3.05) is 5.75 Å². The maximum absolute atomic E-state index is 13.6. The Morgan fingerprint density at radius 1 is 1.12 bits per heavy atom. The second-order valence-electron chi connectivity index (χ2n) is 5.58. The monoisotopic (exact) mass is 391 g/mol. The van der Waals surface area contributed by atoms with E-state index in [9.17, 15) is 22.0 Å². The molecule has 5 nitrogen and oxygen atoms in total. The number of thioether (sulfide) groups is 1. The van der Waals surface area contributed by atoms with E-state index < -0.39 is 17.7 Å². The van der Waals surface area contributed by atoms with Crippen LogP contribution in [0.1, 0.15) is 12.5 Å². The largest absolute Gasteiger partial charge is 0.458 e. The van der Waals surface area contributed by atoms with Gasteiger partial charge in [-0.1, -0.05) is 6.92 Å². The summed E-state index contributed by atoms with van der Waals surface area (Å²) in [5.41, 5.74) is -0.586. The van der Waals surface area contributed by atoms with Gasteiger partial charge < -0.3 is 9.13 Å². The number of hydrogen-bond donors (Lipinski definition) is 0. The third kappa shape index (κ3) is 2.83. The summed E-state index contributed by atoms with van der Waals surface area (Å²) in [5, 5.41) is 0.812. The summed E-state index contributed by atoms with van der Waals surface area (Å²) < 4.78 is 68.2. The smallest absolute Gasteiger partial charge is 0.328 e. The molecule has 0 N–H and O–H groups in total. The van der Waals surface area contributed by atoms with Crippen LogP contribution in [0.3, 0.4) is 0 Å². The van der Waals surface area contributed by atoms with Crippen molar-refractivity contribution >= 4 is 22.9 Å². The summed E-state index contributed by atoms with van der Waals surface area (Å²) in [6, 6.07) is 0.717. The van der Waals surface area contributed by atoms with Gasteiger partial charge in [-0.2, -0.15) is 22.0 Å². The van der Waals surface area contributed by atoms with E-state index in [1.807, 2.05) is 6.92 Å². The van der Waals surface area contributed by atoms with E-state index in [-0.39, 0.29) is 11.2 Å². The van der Waals surface area contributed by atoms with Crippen molar-refractivity contribution in [1.82, 2.24) is 24.1 Å². The van der Waals surface area contributed by atoms with Crippen molar-refractivity contribution in [1.29, 1.82) is 0 Å². The quantitative estimate of drug-likeness (QED) is 0.496. The van der Waals surface area contributed by atoms with Crippen molar-refractivity contribution < 1.29 is 22.0 Å². The molecule has 0 saturated carbocycles. The number of alkyl halides is 5. The van der Waals surface area contributed by atoms with E-state index in [0.29, 0.717) is 17.7 Å². The van der Waals surface area contributed by atoms with Crippen LogP contribution in [0.2, 0.25) is 0 Å². The molecule has 0 spiro atoms. The third-order valence-corrected chi connectivity index (χ3v) is 4.85. The minimum absolute atomic E-state index is 0.0537. The predicted molar refractivity (Wildman–Crippen MR) is 87.1 cm³/mol. The van der Waals surface area contributed by atoms with Crippen LogP contribution in [-0.4, -0.2) is 36.0 Å². The number of halogens is 5. The minimum Gasteiger partial charge on any atom is -0.328 e. The topological polar surface area (TPSA) is 48.5 Å². The van der Waals surface area contributed by atoms with Gasteiger partial charge in [-0.05, 0) is 11.8 Å². The number of imidazole rings is 2. The van der Waals surface area contributed by atoms with Gasteiger partial charge in [0.15, 0.2) is 11.5 Å². The van der Waals surface area contributed by atoms with Crippen molar-refractivity contribution in [3.05, 3.63) is 24.2 Å². The predicted octanol–water partition coefficient (Wildman–Crippen LogP) is 4.13. The number of aromatic nitrogens is 5. The standard InChI is InChI=1S/C15H14F5N5S/c1-4-26-13-10(22-7-24(13)2)12-23-9-5-8(6-21-11(9)25(12)3)14(16,17)15(18,19)20/h5-7H,4H2,1-3H3. The summed E-state index contributed by atoms with van der Waals surface area (Å²) >= 11 is 1.52. The first-order valence-corrected chi connectivity index (χ1v) is 8.48. The van der Waals surface area contributed by atoms with Crippen LogP contribution >= 0.6 is 11.8 Å². The van der Waals surface area contributed by atoms with Crippen LogP contribution < -0.4 is 0 Å². The van der Waals surface area contributed by atoms with Gasteiger partial charge in [0, 0.05) is 20.3 Å². The van der Waals surface area contributed by atoms with E-state index in [4.69, 9.17) is 0 Å². The van der Waals surface area contributed by atoms with Gasteiger partial charge >= 0.3 is 12.1 Å². The first kappa shape index (κ1) is 18.6. The Labute approximate surface area is 149 Å². The highest BCUT2D eigenvalue weighted by Crippen LogP contribution is 2.44. The van der Waals surface area contributed by atoms with Crippen molar-refractivity contribution in [3.8, 4) is 11.5 Å². The molecule has 0 aliphatic rings. The molecule has 0 bridgehead atoms. The van der Waals surface area contributed by atoms with E-state index in [1.165, 1.54) is 16.3 Å². The molecule has 3 aromatic rings. The average Bonchev–Trinajstić information content (AvgIpc) is 3.07. The van der Waals surface area contributed by atoms with Crippen molar-refractivity contribution in [2.24, 2.45) is 14.1 Å². The highest BCUT2D eigenvalue weighted by Gasteiger charge is 2.59. The Morgan fingerprint density at radius 3 is 2.42 bits per heavy atom. The van der Waals surface area contributed by atoms with Crippen molar-refractivity contribution in [3.63, 3.8) is 0 Å². The number of fused-ring (bicyclic) bond motifs is 1. The fourth-order valence-corrected chi connectivity index (χ4v) is 3.31. The zero-order valence-corrected chi connectivity index (χ0v) is 14.8. The summed E-state index contributed by atoms with van der Waals surface area (Å²) in [4.78, 5) is 12.2. The highest BCUT2D eigenvalue weighted by atomic mass is 32.2. The molecular weight excluding hydrogens is 377 g/mol. The molecule has 0 unspecified atom stereocenters. The molecule has 0 aliphatic heterocycles. The number of aryl methyl sites for hydroxylation is 2. The SMILES string of the molecule is CCSc1c(-c2nc3cc(C(F)(F)C(F)(F)F)cnc3n2C)ncn1C. The minimum atomic E-state index is -5.70.